The smallest absolute Gasteiger partial charge is 0.0462 e. The third-order valence-electron chi connectivity index (χ3n) is 5.26. The molecule has 0 aromatic heterocycles. The molecule has 3 rings (SSSR count). The summed E-state index contributed by atoms with van der Waals surface area (Å²) in [4.78, 5) is 0. The van der Waals surface area contributed by atoms with Gasteiger partial charge in [0.1, 0.15) is 0 Å². The van der Waals surface area contributed by atoms with Crippen LogP contribution in [-0.4, -0.2) is 17.9 Å². The molecule has 2 unspecified atom stereocenters. The largest absolute Gasteiger partial charge is 0.396 e. The highest BCUT2D eigenvalue weighted by molar-refractivity contribution is 7.73. The second-order valence-electron chi connectivity index (χ2n) is 7.58. The minimum Gasteiger partial charge on any atom is -0.396 e. The van der Waals surface area contributed by atoms with Crippen LogP contribution in [0.4, 0.5) is 0 Å². The van der Waals surface area contributed by atoms with Gasteiger partial charge in [0.05, 0.1) is 0 Å². The fraction of sp³-hybridized carbons (Fsp3) is 0.455. The molecule has 0 amide bonds. The van der Waals surface area contributed by atoms with E-state index in [0.29, 0.717) is 18.4 Å². The van der Waals surface area contributed by atoms with E-state index in [4.69, 9.17) is 0 Å². The third-order valence-corrected chi connectivity index (χ3v) is 7.86. The summed E-state index contributed by atoms with van der Waals surface area (Å²) in [5, 5.41) is 12.6. The molecule has 0 spiro atoms. The molecule has 24 heavy (non-hydrogen) atoms. The zero-order valence-corrected chi connectivity index (χ0v) is 16.2. The standard InChI is InChI=1S/C22H29OP/c1-15-7-16(2)10-21(9-15)24(14-20-6-5-19(20)13-23)22-11-17(3)8-18(4)12-22/h7-12,19-20,23H,5-6,13-14H2,1-4H3. The maximum atomic E-state index is 9.59. The van der Waals surface area contributed by atoms with Gasteiger partial charge in [-0.1, -0.05) is 58.7 Å². The van der Waals surface area contributed by atoms with E-state index in [1.807, 2.05) is 0 Å². The summed E-state index contributed by atoms with van der Waals surface area (Å²) in [5.41, 5.74) is 5.42. The van der Waals surface area contributed by atoms with Crippen LogP contribution >= 0.6 is 7.92 Å². The highest BCUT2D eigenvalue weighted by Gasteiger charge is 2.33. The fourth-order valence-electron chi connectivity index (χ4n) is 3.93. The van der Waals surface area contributed by atoms with Crippen molar-refractivity contribution < 1.29 is 5.11 Å². The number of hydrogen-bond acceptors (Lipinski definition) is 1. The van der Waals surface area contributed by atoms with Gasteiger partial charge >= 0.3 is 0 Å². The van der Waals surface area contributed by atoms with E-state index in [2.05, 4.69) is 64.1 Å². The number of aryl methyl sites for hydroxylation is 4. The Labute approximate surface area is 147 Å². The van der Waals surface area contributed by atoms with Gasteiger partial charge < -0.3 is 5.11 Å². The number of hydrogen-bond donors (Lipinski definition) is 1. The van der Waals surface area contributed by atoms with Crippen molar-refractivity contribution in [2.24, 2.45) is 11.8 Å². The molecule has 0 aliphatic heterocycles. The summed E-state index contributed by atoms with van der Waals surface area (Å²) >= 11 is 0. The van der Waals surface area contributed by atoms with Crippen LogP contribution in [0.3, 0.4) is 0 Å². The molecule has 1 aliphatic carbocycles. The number of aliphatic hydroxyl groups excluding tert-OH is 1. The molecule has 2 heteroatoms. The van der Waals surface area contributed by atoms with E-state index in [1.165, 1.54) is 51.9 Å². The van der Waals surface area contributed by atoms with Gasteiger partial charge in [0.2, 0.25) is 0 Å². The molecule has 1 N–H and O–H groups in total. The van der Waals surface area contributed by atoms with Gasteiger partial charge in [0.15, 0.2) is 0 Å². The van der Waals surface area contributed by atoms with Crippen LogP contribution in [-0.2, 0) is 0 Å². The van der Waals surface area contributed by atoms with Crippen LogP contribution in [0.15, 0.2) is 36.4 Å². The summed E-state index contributed by atoms with van der Waals surface area (Å²) in [6.45, 7) is 9.15. The van der Waals surface area contributed by atoms with E-state index < -0.39 is 0 Å². The SMILES string of the molecule is Cc1cc(C)cc(P(CC2CCC2CO)c2cc(C)cc(C)c2)c1. The Morgan fingerprint density at radius 3 is 1.50 bits per heavy atom. The maximum Gasteiger partial charge on any atom is 0.0462 e. The molecule has 0 heterocycles. The summed E-state index contributed by atoms with van der Waals surface area (Å²) in [6.07, 6.45) is 3.69. The van der Waals surface area contributed by atoms with Gasteiger partial charge in [0.25, 0.3) is 0 Å². The second-order valence-corrected chi connectivity index (χ2v) is 9.84. The average molecular weight is 340 g/mol. The highest BCUT2D eigenvalue weighted by Crippen LogP contribution is 2.45. The zero-order chi connectivity index (χ0) is 17.3. The van der Waals surface area contributed by atoms with Crippen molar-refractivity contribution in [2.75, 3.05) is 12.8 Å². The van der Waals surface area contributed by atoms with Gasteiger partial charge in [-0.25, -0.2) is 0 Å². The molecular weight excluding hydrogens is 311 g/mol. The minimum atomic E-state index is -0.353. The normalized spacial score (nSPS) is 20.2. The Hall–Kier alpha value is -1.17. The van der Waals surface area contributed by atoms with Crippen molar-refractivity contribution in [3.63, 3.8) is 0 Å². The van der Waals surface area contributed by atoms with E-state index in [-0.39, 0.29) is 7.92 Å². The summed E-state index contributed by atoms with van der Waals surface area (Å²) < 4.78 is 0. The van der Waals surface area contributed by atoms with Crippen LogP contribution in [0.1, 0.15) is 35.1 Å². The van der Waals surface area contributed by atoms with Gasteiger partial charge in [-0.05, 0) is 77.1 Å². The highest BCUT2D eigenvalue weighted by atomic mass is 31.1. The molecule has 1 nitrogen and oxygen atoms in total. The first-order valence-corrected chi connectivity index (χ1v) is 10.5. The average Bonchev–Trinajstić information content (AvgIpc) is 2.45. The van der Waals surface area contributed by atoms with Crippen LogP contribution in [0.5, 0.6) is 0 Å². The van der Waals surface area contributed by atoms with Crippen molar-refractivity contribution in [3.8, 4) is 0 Å². The van der Waals surface area contributed by atoms with Crippen molar-refractivity contribution >= 4 is 18.5 Å². The lowest BCUT2D eigenvalue weighted by atomic mass is 9.75. The van der Waals surface area contributed by atoms with Gasteiger partial charge in [0, 0.05) is 6.61 Å². The van der Waals surface area contributed by atoms with Gasteiger partial charge in [-0.3, -0.25) is 0 Å². The quantitative estimate of drug-likeness (QED) is 0.801. The maximum absolute atomic E-state index is 9.59. The first-order valence-electron chi connectivity index (χ1n) is 9.01. The Morgan fingerprint density at radius 2 is 1.17 bits per heavy atom. The molecule has 2 aromatic carbocycles. The van der Waals surface area contributed by atoms with Crippen molar-refractivity contribution in [2.45, 2.75) is 40.5 Å². The third kappa shape index (κ3) is 3.90. The molecule has 0 saturated heterocycles. The Morgan fingerprint density at radius 1 is 0.750 bits per heavy atom. The monoisotopic (exact) mass is 340 g/mol. The first-order chi connectivity index (χ1) is 11.5. The lowest BCUT2D eigenvalue weighted by Gasteiger charge is -2.38. The van der Waals surface area contributed by atoms with Crippen LogP contribution in [0, 0.1) is 39.5 Å². The van der Waals surface area contributed by atoms with Gasteiger partial charge in [-0.2, -0.15) is 0 Å². The molecule has 1 saturated carbocycles. The van der Waals surface area contributed by atoms with E-state index >= 15 is 0 Å². The second kappa shape index (κ2) is 7.38. The van der Waals surface area contributed by atoms with Crippen LogP contribution in [0.2, 0.25) is 0 Å². The predicted octanol–water partition coefficient (Wildman–Crippen LogP) is 4.37. The molecule has 1 fully saturated rings. The zero-order valence-electron chi connectivity index (χ0n) is 15.3. The molecule has 0 bridgehead atoms. The van der Waals surface area contributed by atoms with Crippen LogP contribution < -0.4 is 10.6 Å². The van der Waals surface area contributed by atoms with Crippen molar-refractivity contribution in [1.82, 2.24) is 0 Å². The summed E-state index contributed by atoms with van der Waals surface area (Å²) in [6, 6.07) is 14.0. The van der Waals surface area contributed by atoms with E-state index in [1.54, 1.807) is 0 Å². The lowest BCUT2D eigenvalue weighted by Crippen LogP contribution is -2.33. The molecule has 0 radical (unpaired) electrons. The number of benzene rings is 2. The Balaban J connectivity index is 1.99. The molecule has 2 atom stereocenters. The number of aliphatic hydroxyl groups is 1. The molecule has 1 aliphatic rings. The summed E-state index contributed by atoms with van der Waals surface area (Å²) in [5.74, 6) is 1.20. The lowest BCUT2D eigenvalue weighted by molar-refractivity contribution is 0.105. The molecular formula is C22H29OP. The minimum absolute atomic E-state index is 0.353. The molecule has 128 valence electrons. The predicted molar refractivity (Wildman–Crippen MR) is 106 cm³/mol. The van der Waals surface area contributed by atoms with Crippen molar-refractivity contribution in [1.29, 1.82) is 0 Å². The van der Waals surface area contributed by atoms with Crippen molar-refractivity contribution in [3.05, 3.63) is 58.7 Å². The fourth-order valence-corrected chi connectivity index (χ4v) is 7.03. The Kier molecular flexibility index (Phi) is 5.42. The van der Waals surface area contributed by atoms with Gasteiger partial charge in [-0.15, -0.1) is 0 Å². The first kappa shape index (κ1) is 17.6. The summed E-state index contributed by atoms with van der Waals surface area (Å²) in [7, 11) is -0.353. The topological polar surface area (TPSA) is 20.2 Å². The Bertz CT molecular complexity index is 628. The van der Waals surface area contributed by atoms with Crippen LogP contribution in [0.25, 0.3) is 0 Å². The van der Waals surface area contributed by atoms with E-state index in [0.717, 1.165) is 0 Å². The molecule has 2 aromatic rings. The van der Waals surface area contributed by atoms with E-state index in [9.17, 15) is 5.11 Å². The number of rotatable bonds is 5.